The van der Waals surface area contributed by atoms with Crippen molar-refractivity contribution in [1.82, 2.24) is 5.01 Å². The average Bonchev–Trinajstić information content (AvgIpc) is 2.81. The van der Waals surface area contributed by atoms with Crippen molar-refractivity contribution in [3.63, 3.8) is 0 Å². The molecule has 6 nitrogen and oxygen atoms in total. The van der Waals surface area contributed by atoms with Crippen LogP contribution in [-0.2, 0) is 9.47 Å². The van der Waals surface area contributed by atoms with E-state index in [4.69, 9.17) is 21.1 Å². The van der Waals surface area contributed by atoms with E-state index >= 15 is 0 Å². The molecular weight excluding hydrogens is 318 g/mol. The lowest BCUT2D eigenvalue weighted by Gasteiger charge is -2.40. The second-order valence-corrected chi connectivity index (χ2v) is 7.20. The van der Waals surface area contributed by atoms with Crippen LogP contribution in [0.15, 0.2) is 24.0 Å². The van der Waals surface area contributed by atoms with E-state index in [9.17, 15) is 5.11 Å². The molecule has 1 aliphatic rings. The van der Waals surface area contributed by atoms with Crippen LogP contribution in [0, 0.1) is 11.3 Å². The third-order valence-electron chi connectivity index (χ3n) is 5.06. The van der Waals surface area contributed by atoms with Gasteiger partial charge in [0.15, 0.2) is 6.29 Å². The Morgan fingerprint density at radius 1 is 1.48 bits per heavy atom. The zero-order valence-corrected chi connectivity index (χ0v) is 16.3. The molecule has 0 aromatic heterocycles. The molecule has 0 aromatic carbocycles. The van der Waals surface area contributed by atoms with Crippen molar-refractivity contribution in [3.05, 3.63) is 24.0 Å². The van der Waals surface area contributed by atoms with Crippen LogP contribution in [-0.4, -0.2) is 42.8 Å². The number of unbranched alkanes of at least 4 members (excludes halogenated alkanes) is 1. The quantitative estimate of drug-likeness (QED) is 0.317. The molecule has 6 heteroatoms. The Kier molecular flexibility index (Phi) is 9.50. The first kappa shape index (κ1) is 22.0. The summed E-state index contributed by atoms with van der Waals surface area (Å²) in [7, 11) is 1.65. The number of hydrazine groups is 1. The highest BCUT2D eigenvalue weighted by molar-refractivity contribution is 5.04. The van der Waals surface area contributed by atoms with Crippen LogP contribution in [0.5, 0.6) is 0 Å². The van der Waals surface area contributed by atoms with Crippen LogP contribution in [0.25, 0.3) is 0 Å². The van der Waals surface area contributed by atoms with E-state index < -0.39 is 0 Å². The lowest BCUT2D eigenvalue weighted by atomic mass is 9.71. The lowest BCUT2D eigenvalue weighted by Crippen LogP contribution is -2.46. The van der Waals surface area contributed by atoms with Crippen LogP contribution < -0.4 is 11.6 Å². The average molecular weight is 356 g/mol. The summed E-state index contributed by atoms with van der Waals surface area (Å²) in [4.78, 5) is 0. The number of aliphatic hydroxyl groups excluding tert-OH is 1. The van der Waals surface area contributed by atoms with Crippen molar-refractivity contribution in [2.45, 2.75) is 65.3 Å². The number of nitrogens with two attached hydrogens (primary N) is 2. The molecule has 0 radical (unpaired) electrons. The van der Waals surface area contributed by atoms with Gasteiger partial charge in [-0.1, -0.05) is 45.8 Å². The standard InChI is InChI=1S/C19H37N3O3/c1-5-7-11-19(3,14-23)16-9-8-10-18(24-4)25-17(16)13-22(21)12-15(20)6-2/h8-9,12,16-18,23H,5-7,10-11,13-14,20-21H2,1-4H3/b15-12-/t16?,17?,18-,19?/m0/s1. The van der Waals surface area contributed by atoms with Crippen molar-refractivity contribution < 1.29 is 14.6 Å². The maximum Gasteiger partial charge on any atom is 0.161 e. The summed E-state index contributed by atoms with van der Waals surface area (Å²) in [6, 6.07) is 0. The summed E-state index contributed by atoms with van der Waals surface area (Å²) < 4.78 is 11.6. The highest BCUT2D eigenvalue weighted by Crippen LogP contribution is 2.39. The van der Waals surface area contributed by atoms with Gasteiger partial charge in [0.25, 0.3) is 0 Å². The molecular formula is C19H37N3O3. The van der Waals surface area contributed by atoms with Crippen LogP contribution in [0.4, 0.5) is 0 Å². The number of methoxy groups -OCH3 is 1. The van der Waals surface area contributed by atoms with Crippen molar-refractivity contribution in [1.29, 1.82) is 0 Å². The first-order chi connectivity index (χ1) is 11.9. The van der Waals surface area contributed by atoms with Gasteiger partial charge in [0.1, 0.15) is 0 Å². The van der Waals surface area contributed by atoms with Crippen LogP contribution in [0.2, 0.25) is 0 Å². The zero-order chi connectivity index (χ0) is 18.9. The fourth-order valence-corrected chi connectivity index (χ4v) is 3.28. The van der Waals surface area contributed by atoms with Crippen molar-refractivity contribution in [2.75, 3.05) is 20.3 Å². The Labute approximate surface area is 152 Å². The molecule has 0 saturated carbocycles. The summed E-state index contributed by atoms with van der Waals surface area (Å²) in [5.41, 5.74) is 6.36. The van der Waals surface area contributed by atoms with E-state index in [2.05, 4.69) is 26.0 Å². The maximum atomic E-state index is 10.1. The maximum absolute atomic E-state index is 10.1. The van der Waals surface area contributed by atoms with Crippen LogP contribution in [0.3, 0.4) is 0 Å². The van der Waals surface area contributed by atoms with Gasteiger partial charge in [-0.15, -0.1) is 0 Å². The predicted octanol–water partition coefficient (Wildman–Crippen LogP) is 2.49. The number of hydrogen-bond acceptors (Lipinski definition) is 6. The normalized spacial score (nSPS) is 27.0. The molecule has 1 aliphatic heterocycles. The van der Waals surface area contributed by atoms with Gasteiger partial charge >= 0.3 is 0 Å². The minimum Gasteiger partial charge on any atom is -0.401 e. The minimum atomic E-state index is -0.304. The Hall–Kier alpha value is -1.08. The second kappa shape index (κ2) is 10.8. The van der Waals surface area contributed by atoms with Gasteiger partial charge in [0, 0.05) is 38.0 Å². The first-order valence-electron chi connectivity index (χ1n) is 9.33. The summed E-state index contributed by atoms with van der Waals surface area (Å²) in [5, 5.41) is 11.7. The monoisotopic (exact) mass is 355 g/mol. The van der Waals surface area contributed by atoms with Gasteiger partial charge in [-0.25, -0.2) is 5.84 Å². The van der Waals surface area contributed by atoms with E-state index in [0.717, 1.165) is 31.4 Å². The van der Waals surface area contributed by atoms with Gasteiger partial charge in [0.05, 0.1) is 12.6 Å². The summed E-state index contributed by atoms with van der Waals surface area (Å²) in [5.74, 6) is 6.18. The number of ether oxygens (including phenoxy) is 2. The predicted molar refractivity (Wildman–Crippen MR) is 101 cm³/mol. The van der Waals surface area contributed by atoms with Gasteiger partial charge in [0.2, 0.25) is 0 Å². The van der Waals surface area contributed by atoms with Crippen LogP contribution >= 0.6 is 0 Å². The van der Waals surface area contributed by atoms with Gasteiger partial charge in [-0.05, 0) is 18.3 Å². The molecule has 0 aromatic rings. The molecule has 0 saturated heterocycles. The van der Waals surface area contributed by atoms with Crippen molar-refractivity contribution >= 4 is 0 Å². The topological polar surface area (TPSA) is 94.0 Å². The van der Waals surface area contributed by atoms with Gasteiger partial charge in [-0.2, -0.15) is 0 Å². The SMILES string of the molecule is CCCCC(C)(CO)C1C=CC[C@@H](OC)OC1CN(N)/C=C(\N)CC. The van der Waals surface area contributed by atoms with E-state index in [0.29, 0.717) is 13.0 Å². The van der Waals surface area contributed by atoms with E-state index in [-0.39, 0.29) is 30.3 Å². The van der Waals surface area contributed by atoms with Gasteiger partial charge < -0.3 is 25.3 Å². The number of allylic oxidation sites excluding steroid dienone is 1. The summed E-state index contributed by atoms with van der Waals surface area (Å²) in [6.07, 6.45) is 10.0. The first-order valence-corrected chi connectivity index (χ1v) is 9.33. The lowest BCUT2D eigenvalue weighted by molar-refractivity contribution is -0.174. The Morgan fingerprint density at radius 2 is 2.20 bits per heavy atom. The molecule has 25 heavy (non-hydrogen) atoms. The molecule has 1 heterocycles. The molecule has 0 fully saturated rings. The van der Waals surface area contributed by atoms with E-state index in [1.54, 1.807) is 18.3 Å². The Morgan fingerprint density at radius 3 is 2.76 bits per heavy atom. The fraction of sp³-hybridized carbons (Fsp3) is 0.789. The molecule has 5 N–H and O–H groups in total. The third kappa shape index (κ3) is 6.62. The smallest absolute Gasteiger partial charge is 0.161 e. The van der Waals surface area contributed by atoms with E-state index in [1.807, 2.05) is 6.92 Å². The molecule has 4 atom stereocenters. The third-order valence-corrected chi connectivity index (χ3v) is 5.06. The summed E-state index contributed by atoms with van der Waals surface area (Å²) >= 11 is 0. The molecule has 0 aliphatic carbocycles. The minimum absolute atomic E-state index is 0.0477. The van der Waals surface area contributed by atoms with E-state index in [1.165, 1.54) is 0 Å². The van der Waals surface area contributed by atoms with Crippen molar-refractivity contribution in [2.24, 2.45) is 22.9 Å². The van der Waals surface area contributed by atoms with Crippen LogP contribution in [0.1, 0.15) is 52.9 Å². The molecule has 3 unspecified atom stereocenters. The number of nitrogens with zero attached hydrogens (tertiary/aromatic N) is 1. The number of hydrogen-bond donors (Lipinski definition) is 3. The highest BCUT2D eigenvalue weighted by atomic mass is 16.7. The Balaban J connectivity index is 3.03. The second-order valence-electron chi connectivity index (χ2n) is 7.20. The highest BCUT2D eigenvalue weighted by Gasteiger charge is 2.40. The molecule has 146 valence electrons. The largest absolute Gasteiger partial charge is 0.401 e. The molecule has 0 spiro atoms. The molecule has 0 bridgehead atoms. The number of aliphatic hydroxyl groups is 1. The zero-order valence-electron chi connectivity index (χ0n) is 16.3. The van der Waals surface area contributed by atoms with Crippen molar-refractivity contribution in [3.8, 4) is 0 Å². The number of rotatable bonds is 10. The fourth-order valence-electron chi connectivity index (χ4n) is 3.28. The van der Waals surface area contributed by atoms with Gasteiger partial charge in [-0.3, -0.25) is 0 Å². The summed E-state index contributed by atoms with van der Waals surface area (Å²) in [6.45, 7) is 6.87. The Bertz CT molecular complexity index is 442. The molecule has 1 rings (SSSR count). The molecule has 0 amide bonds.